The molecular weight excluding hydrogens is 814 g/mol. The Morgan fingerprint density at radius 2 is 0.333 bits per heavy atom. The second-order valence-corrected chi connectivity index (χ2v) is 39.3. The second kappa shape index (κ2) is 13.0. The van der Waals surface area contributed by atoms with Crippen molar-refractivity contribution in [3.8, 4) is 0 Å². The molecule has 0 N–H and O–H groups in total. The van der Waals surface area contributed by atoms with Gasteiger partial charge in [-0.15, -0.1) is 0 Å². The fraction of sp³-hybridized carbons (Fsp3) is 0. The SMILES string of the molecule is BrP(Br)(c1ccccc1)(c1ccccc1)c1ccccc1.BrP(Br)(c1ccccc1)(c1ccccc1)c1ccccc1. The fourth-order valence-corrected chi connectivity index (χ4v) is 19.5. The summed E-state index contributed by atoms with van der Waals surface area (Å²) in [6.07, 6.45) is 0. The molecule has 0 unspecified atom stereocenters. The van der Waals surface area contributed by atoms with Crippen molar-refractivity contribution in [1.29, 1.82) is 0 Å². The summed E-state index contributed by atoms with van der Waals surface area (Å²) in [6, 6.07) is 63.6. The molecule has 212 valence electrons. The van der Waals surface area contributed by atoms with Crippen LogP contribution in [0.15, 0.2) is 182 Å². The number of hydrogen-bond acceptors (Lipinski definition) is 0. The minimum absolute atomic E-state index is 1.26. The summed E-state index contributed by atoms with van der Waals surface area (Å²) in [5, 5.41) is 7.59. The van der Waals surface area contributed by atoms with E-state index in [9.17, 15) is 0 Å². The molecule has 0 bridgehead atoms. The Morgan fingerprint density at radius 3 is 0.452 bits per heavy atom. The molecule has 6 heteroatoms. The topological polar surface area (TPSA) is 0 Å². The predicted octanol–water partition coefficient (Wildman–Crippen LogP) is 10.3. The summed E-state index contributed by atoms with van der Waals surface area (Å²) in [6.45, 7) is 0. The van der Waals surface area contributed by atoms with Crippen LogP contribution < -0.4 is 31.8 Å². The first-order valence-corrected chi connectivity index (χ1v) is 26.0. The molecule has 0 amide bonds. The van der Waals surface area contributed by atoms with Crippen LogP contribution in [0.1, 0.15) is 0 Å². The number of hydrogen-bond donors (Lipinski definition) is 0. The first-order valence-electron chi connectivity index (χ1n) is 13.5. The maximum atomic E-state index is 4.16. The molecule has 6 rings (SSSR count). The van der Waals surface area contributed by atoms with Gasteiger partial charge in [-0.2, -0.15) is 0 Å². The van der Waals surface area contributed by atoms with Gasteiger partial charge in [-0.1, -0.05) is 0 Å². The molecule has 0 fully saturated rings. The Bertz CT molecular complexity index is 1380. The van der Waals surface area contributed by atoms with Crippen LogP contribution in [-0.2, 0) is 0 Å². The molecule has 0 saturated heterocycles. The van der Waals surface area contributed by atoms with E-state index in [1.807, 2.05) is 0 Å². The van der Waals surface area contributed by atoms with E-state index < -0.39 is 8.02 Å². The van der Waals surface area contributed by atoms with Crippen molar-refractivity contribution >= 4 is 102 Å². The molecule has 0 aliphatic rings. The van der Waals surface area contributed by atoms with Gasteiger partial charge in [-0.05, 0) is 0 Å². The van der Waals surface area contributed by atoms with Gasteiger partial charge in [-0.3, -0.25) is 0 Å². The van der Waals surface area contributed by atoms with E-state index in [0.29, 0.717) is 0 Å². The van der Waals surface area contributed by atoms with Crippen molar-refractivity contribution in [2.45, 2.75) is 0 Å². The molecule has 0 saturated carbocycles. The van der Waals surface area contributed by atoms with Gasteiger partial charge in [0.2, 0.25) is 0 Å². The van der Waals surface area contributed by atoms with Crippen molar-refractivity contribution in [2.75, 3.05) is 0 Å². The van der Waals surface area contributed by atoms with Crippen molar-refractivity contribution < 1.29 is 0 Å². The molecule has 42 heavy (non-hydrogen) atoms. The molecule has 0 atom stereocenters. The van der Waals surface area contributed by atoms with E-state index in [-0.39, 0.29) is 0 Å². The van der Waals surface area contributed by atoms with E-state index in [1.165, 1.54) is 31.8 Å². The molecule has 6 aromatic rings. The summed E-state index contributed by atoms with van der Waals surface area (Å²) in [4.78, 5) is 0. The number of benzene rings is 6. The van der Waals surface area contributed by atoms with Gasteiger partial charge in [-0.25, -0.2) is 0 Å². The zero-order valence-corrected chi connectivity index (χ0v) is 30.9. The van der Waals surface area contributed by atoms with Crippen LogP contribution in [0.5, 0.6) is 0 Å². The van der Waals surface area contributed by atoms with Crippen molar-refractivity contribution in [2.24, 2.45) is 0 Å². The summed E-state index contributed by atoms with van der Waals surface area (Å²) in [5.74, 6) is 0. The monoisotopic (exact) mass is 840 g/mol. The number of halogens is 4. The van der Waals surface area contributed by atoms with Crippen molar-refractivity contribution in [3.63, 3.8) is 0 Å². The number of rotatable bonds is 6. The van der Waals surface area contributed by atoms with Crippen LogP contribution >= 0.6 is 70.0 Å². The van der Waals surface area contributed by atoms with Crippen LogP contribution in [0.25, 0.3) is 0 Å². The zero-order chi connectivity index (χ0) is 29.6. The first kappa shape index (κ1) is 31.5. The van der Waals surface area contributed by atoms with Crippen molar-refractivity contribution in [3.05, 3.63) is 182 Å². The van der Waals surface area contributed by atoms with Crippen LogP contribution in [0.4, 0.5) is 0 Å². The minimum atomic E-state index is -2.75. The molecule has 0 aliphatic heterocycles. The molecule has 0 radical (unpaired) electrons. The van der Waals surface area contributed by atoms with Crippen LogP contribution in [0.2, 0.25) is 0 Å². The van der Waals surface area contributed by atoms with Gasteiger partial charge < -0.3 is 0 Å². The standard InChI is InChI=1S/2C18H15Br2P/c2*19-21(20,16-10-4-1-5-11-16,17-12-6-2-7-13-17)18-14-8-3-9-15-18/h2*1-15H. The van der Waals surface area contributed by atoms with Gasteiger partial charge in [0.1, 0.15) is 0 Å². The second-order valence-electron chi connectivity index (χ2n) is 9.83. The van der Waals surface area contributed by atoms with E-state index in [1.54, 1.807) is 0 Å². The predicted molar refractivity (Wildman–Crippen MR) is 206 cm³/mol. The average Bonchev–Trinajstić information content (AvgIpc) is 3.08. The molecular formula is C36H30Br4P2. The normalized spacial score (nSPS) is 13.3. The quantitative estimate of drug-likeness (QED) is 0.147. The van der Waals surface area contributed by atoms with Gasteiger partial charge >= 0.3 is 284 Å². The third-order valence-corrected chi connectivity index (χ3v) is 29.2. The third kappa shape index (κ3) is 5.92. The van der Waals surface area contributed by atoms with E-state index in [2.05, 4.69) is 244 Å². The Kier molecular flexibility index (Phi) is 9.75. The fourth-order valence-electron chi connectivity index (χ4n) is 5.03. The van der Waals surface area contributed by atoms with Crippen LogP contribution in [0.3, 0.4) is 0 Å². The van der Waals surface area contributed by atoms with E-state index >= 15 is 0 Å². The zero-order valence-electron chi connectivity index (χ0n) is 22.7. The summed E-state index contributed by atoms with van der Waals surface area (Å²) < 4.78 is -5.50. The maximum absolute atomic E-state index is 4.16. The Balaban J connectivity index is 0.000000168. The van der Waals surface area contributed by atoms with Crippen LogP contribution in [-0.4, -0.2) is 0 Å². The van der Waals surface area contributed by atoms with Gasteiger partial charge in [0.15, 0.2) is 0 Å². The summed E-state index contributed by atoms with van der Waals surface area (Å²) in [5.41, 5.74) is 0. The van der Waals surface area contributed by atoms with E-state index in [4.69, 9.17) is 0 Å². The Hall–Kier alpha value is -1.90. The molecule has 0 heterocycles. The van der Waals surface area contributed by atoms with E-state index in [0.717, 1.165) is 0 Å². The molecule has 0 spiro atoms. The Morgan fingerprint density at radius 1 is 0.214 bits per heavy atom. The van der Waals surface area contributed by atoms with Gasteiger partial charge in [0.05, 0.1) is 0 Å². The summed E-state index contributed by atoms with van der Waals surface area (Å²) in [7, 11) is 0. The molecule has 6 aromatic carbocycles. The van der Waals surface area contributed by atoms with Crippen LogP contribution in [0, 0.1) is 0 Å². The van der Waals surface area contributed by atoms with Gasteiger partial charge in [0.25, 0.3) is 0 Å². The van der Waals surface area contributed by atoms with Crippen molar-refractivity contribution in [1.82, 2.24) is 0 Å². The molecule has 0 nitrogen and oxygen atoms in total. The molecule has 0 aliphatic carbocycles. The molecule has 0 aromatic heterocycles. The third-order valence-electron chi connectivity index (χ3n) is 7.26. The average molecular weight is 844 g/mol. The Labute approximate surface area is 281 Å². The van der Waals surface area contributed by atoms with Gasteiger partial charge in [0, 0.05) is 0 Å². The first-order chi connectivity index (χ1) is 20.2. The summed E-state index contributed by atoms with van der Waals surface area (Å²) >= 11 is 16.6.